The maximum atomic E-state index is 6.07. The number of benzene rings is 2. The van der Waals surface area contributed by atoms with Gasteiger partial charge in [0.25, 0.3) is 0 Å². The first kappa shape index (κ1) is 15.1. The highest BCUT2D eigenvalue weighted by molar-refractivity contribution is 9.10. The minimum atomic E-state index is 0.382. The van der Waals surface area contributed by atoms with Crippen molar-refractivity contribution in [2.24, 2.45) is 0 Å². The van der Waals surface area contributed by atoms with Crippen molar-refractivity contribution >= 4 is 27.5 Å². The lowest BCUT2D eigenvalue weighted by atomic mass is 9.75. The molecule has 0 aliphatic heterocycles. The molecule has 0 saturated heterocycles. The first-order valence-electron chi connectivity index (χ1n) is 7.39. The van der Waals surface area contributed by atoms with Crippen LogP contribution in [-0.2, 0) is 0 Å². The van der Waals surface area contributed by atoms with Crippen LogP contribution in [0.1, 0.15) is 42.9 Å². The fraction of sp³-hybridized carbons (Fsp3) is 0.333. The van der Waals surface area contributed by atoms with E-state index in [-0.39, 0.29) is 0 Å². The molecular weight excluding hydrogens is 346 g/mol. The Hall–Kier alpha value is -0.830. The monoisotopic (exact) mass is 363 g/mol. The van der Waals surface area contributed by atoms with E-state index >= 15 is 0 Å². The molecule has 0 bridgehead atoms. The van der Waals surface area contributed by atoms with Crippen LogP contribution >= 0.6 is 27.5 Å². The molecule has 0 radical (unpaired) electrons. The third kappa shape index (κ3) is 3.68. The molecular formula is C18H19BrClN. The third-order valence-electron chi connectivity index (χ3n) is 4.29. The van der Waals surface area contributed by atoms with Gasteiger partial charge in [0.15, 0.2) is 0 Å². The molecule has 3 rings (SSSR count). The Labute approximate surface area is 139 Å². The summed E-state index contributed by atoms with van der Waals surface area (Å²) in [6.45, 7) is 2.23. The minimum absolute atomic E-state index is 0.382. The molecule has 1 fully saturated rings. The zero-order valence-corrected chi connectivity index (χ0v) is 14.4. The molecule has 1 saturated carbocycles. The molecule has 2 aromatic rings. The van der Waals surface area contributed by atoms with E-state index in [1.165, 1.54) is 24.0 Å². The van der Waals surface area contributed by atoms with Crippen LogP contribution in [0.15, 0.2) is 53.0 Å². The van der Waals surface area contributed by atoms with Gasteiger partial charge in [-0.2, -0.15) is 0 Å². The van der Waals surface area contributed by atoms with E-state index in [0.29, 0.717) is 18.0 Å². The molecule has 2 aromatic carbocycles. The Morgan fingerprint density at radius 3 is 2.62 bits per heavy atom. The number of hydrogen-bond donors (Lipinski definition) is 1. The second kappa shape index (κ2) is 6.51. The van der Waals surface area contributed by atoms with Crippen LogP contribution in [0.3, 0.4) is 0 Å². The summed E-state index contributed by atoms with van der Waals surface area (Å²) in [6.07, 6.45) is 2.39. The fourth-order valence-electron chi connectivity index (χ4n) is 3.01. The van der Waals surface area contributed by atoms with Crippen molar-refractivity contribution in [3.63, 3.8) is 0 Å². The summed E-state index contributed by atoms with van der Waals surface area (Å²) in [6, 6.07) is 17.8. The van der Waals surface area contributed by atoms with Gasteiger partial charge in [-0.15, -0.1) is 0 Å². The predicted molar refractivity (Wildman–Crippen MR) is 92.9 cm³/mol. The van der Waals surface area contributed by atoms with Crippen molar-refractivity contribution in [1.29, 1.82) is 0 Å². The number of nitrogens with one attached hydrogen (secondary N) is 1. The number of hydrogen-bond acceptors (Lipinski definition) is 1. The highest BCUT2D eigenvalue weighted by Crippen LogP contribution is 2.38. The lowest BCUT2D eigenvalue weighted by molar-refractivity contribution is 0.271. The van der Waals surface area contributed by atoms with E-state index in [9.17, 15) is 0 Å². The van der Waals surface area contributed by atoms with Gasteiger partial charge >= 0.3 is 0 Å². The van der Waals surface area contributed by atoms with Crippen LogP contribution in [0, 0.1) is 0 Å². The van der Waals surface area contributed by atoms with E-state index in [0.717, 1.165) is 9.50 Å². The second-order valence-electron chi connectivity index (χ2n) is 5.86. The van der Waals surface area contributed by atoms with Crippen LogP contribution in [0.4, 0.5) is 0 Å². The molecule has 1 aliphatic carbocycles. The Bertz CT molecular complexity index is 622. The van der Waals surface area contributed by atoms with Crippen LogP contribution in [0.2, 0.25) is 5.02 Å². The summed E-state index contributed by atoms with van der Waals surface area (Å²) in [5.74, 6) is 0.649. The minimum Gasteiger partial charge on any atom is -0.307 e. The smallest absolute Gasteiger partial charge is 0.0408 e. The van der Waals surface area contributed by atoms with Crippen molar-refractivity contribution in [1.82, 2.24) is 5.32 Å². The van der Waals surface area contributed by atoms with Crippen molar-refractivity contribution in [2.45, 2.75) is 37.8 Å². The molecule has 1 nitrogen and oxygen atoms in total. The van der Waals surface area contributed by atoms with Gasteiger partial charge in [0.2, 0.25) is 0 Å². The van der Waals surface area contributed by atoms with Gasteiger partial charge in [0.05, 0.1) is 0 Å². The lowest BCUT2D eigenvalue weighted by Gasteiger charge is -2.38. The molecule has 1 unspecified atom stereocenters. The topological polar surface area (TPSA) is 12.0 Å². The van der Waals surface area contributed by atoms with Crippen LogP contribution in [-0.4, -0.2) is 6.04 Å². The molecule has 0 spiro atoms. The molecule has 21 heavy (non-hydrogen) atoms. The predicted octanol–water partition coefficient (Wildman–Crippen LogP) is 5.70. The molecule has 0 amide bonds. The number of rotatable bonds is 4. The SMILES string of the molecule is CC(NC1CC(c2cccc(Cl)c2)C1)c1cccc(Br)c1. The Kier molecular flexibility index (Phi) is 4.68. The van der Waals surface area contributed by atoms with Gasteiger partial charge in [-0.1, -0.05) is 51.8 Å². The second-order valence-corrected chi connectivity index (χ2v) is 7.22. The van der Waals surface area contributed by atoms with Crippen LogP contribution < -0.4 is 5.32 Å². The highest BCUT2D eigenvalue weighted by atomic mass is 79.9. The fourth-order valence-corrected chi connectivity index (χ4v) is 3.63. The van der Waals surface area contributed by atoms with E-state index in [2.05, 4.69) is 64.6 Å². The molecule has 110 valence electrons. The van der Waals surface area contributed by atoms with E-state index in [1.54, 1.807) is 0 Å². The summed E-state index contributed by atoms with van der Waals surface area (Å²) >= 11 is 9.60. The number of halogens is 2. The van der Waals surface area contributed by atoms with Crippen LogP contribution in [0.5, 0.6) is 0 Å². The standard InChI is InChI=1S/C18H19BrClN/c1-12(13-4-2-6-16(19)8-13)21-18-10-15(11-18)14-5-3-7-17(20)9-14/h2-9,12,15,18,21H,10-11H2,1H3. The maximum absolute atomic E-state index is 6.07. The molecule has 0 heterocycles. The first-order valence-corrected chi connectivity index (χ1v) is 8.56. The van der Waals surface area contributed by atoms with E-state index in [1.807, 2.05) is 12.1 Å². The first-order chi connectivity index (χ1) is 10.1. The van der Waals surface area contributed by atoms with E-state index in [4.69, 9.17) is 11.6 Å². The quantitative estimate of drug-likeness (QED) is 0.734. The zero-order valence-electron chi connectivity index (χ0n) is 12.0. The lowest BCUT2D eigenvalue weighted by Crippen LogP contribution is -2.41. The largest absolute Gasteiger partial charge is 0.307 e. The summed E-state index contributed by atoms with van der Waals surface area (Å²) in [5.41, 5.74) is 2.70. The molecule has 3 heteroatoms. The average molecular weight is 365 g/mol. The van der Waals surface area contributed by atoms with Gasteiger partial charge in [-0.05, 0) is 61.1 Å². The summed E-state index contributed by atoms with van der Waals surface area (Å²) in [7, 11) is 0. The Morgan fingerprint density at radius 1 is 1.14 bits per heavy atom. The summed E-state index contributed by atoms with van der Waals surface area (Å²) in [4.78, 5) is 0. The van der Waals surface area contributed by atoms with E-state index < -0.39 is 0 Å². The highest BCUT2D eigenvalue weighted by Gasteiger charge is 2.31. The van der Waals surface area contributed by atoms with Crippen LogP contribution in [0.25, 0.3) is 0 Å². The molecule has 1 atom stereocenters. The average Bonchev–Trinajstić information content (AvgIpc) is 2.42. The summed E-state index contributed by atoms with van der Waals surface area (Å²) < 4.78 is 1.14. The molecule has 1 aliphatic rings. The molecule has 0 aromatic heterocycles. The van der Waals surface area contributed by atoms with Gasteiger partial charge in [0.1, 0.15) is 0 Å². The third-order valence-corrected chi connectivity index (χ3v) is 5.02. The summed E-state index contributed by atoms with van der Waals surface area (Å²) in [5, 5.41) is 4.56. The van der Waals surface area contributed by atoms with Gasteiger partial charge in [-0.25, -0.2) is 0 Å². The maximum Gasteiger partial charge on any atom is 0.0408 e. The van der Waals surface area contributed by atoms with Crippen molar-refractivity contribution < 1.29 is 0 Å². The van der Waals surface area contributed by atoms with Crippen molar-refractivity contribution in [3.05, 3.63) is 69.2 Å². The normalized spacial score (nSPS) is 22.6. The van der Waals surface area contributed by atoms with Crippen molar-refractivity contribution in [3.8, 4) is 0 Å². The van der Waals surface area contributed by atoms with Gasteiger partial charge in [0, 0.05) is 21.6 Å². The van der Waals surface area contributed by atoms with Gasteiger partial charge in [-0.3, -0.25) is 0 Å². The molecule has 1 N–H and O–H groups in total. The Balaban J connectivity index is 1.55. The van der Waals surface area contributed by atoms with Crippen molar-refractivity contribution in [2.75, 3.05) is 0 Å². The Morgan fingerprint density at radius 2 is 1.90 bits per heavy atom. The zero-order chi connectivity index (χ0) is 14.8. The van der Waals surface area contributed by atoms with Gasteiger partial charge < -0.3 is 5.32 Å².